The van der Waals surface area contributed by atoms with Gasteiger partial charge < -0.3 is 10.5 Å². The number of hydrogen-bond donors (Lipinski definition) is 1. The van der Waals surface area contributed by atoms with E-state index in [1.807, 2.05) is 19.1 Å². The van der Waals surface area contributed by atoms with E-state index in [-0.39, 0.29) is 6.04 Å². The summed E-state index contributed by atoms with van der Waals surface area (Å²) < 4.78 is 4.97. The molecule has 0 aliphatic heterocycles. The number of rotatable bonds is 3. The van der Waals surface area contributed by atoms with E-state index in [9.17, 15) is 0 Å². The Balaban J connectivity index is 2.94. The maximum atomic E-state index is 8.51. The fourth-order valence-corrected chi connectivity index (χ4v) is 1.25. The van der Waals surface area contributed by atoms with Gasteiger partial charge in [0.15, 0.2) is 0 Å². The van der Waals surface area contributed by atoms with Crippen LogP contribution in [0.1, 0.15) is 23.6 Å². The van der Waals surface area contributed by atoms with E-state index in [2.05, 4.69) is 4.98 Å². The van der Waals surface area contributed by atoms with E-state index in [4.69, 9.17) is 15.7 Å². The maximum absolute atomic E-state index is 8.51. The highest BCUT2D eigenvalue weighted by Crippen LogP contribution is 2.20. The fourth-order valence-electron chi connectivity index (χ4n) is 1.25. The first-order chi connectivity index (χ1) is 6.69. The Morgan fingerprint density at radius 2 is 2.43 bits per heavy atom. The van der Waals surface area contributed by atoms with E-state index >= 15 is 0 Å². The molecule has 4 nitrogen and oxygen atoms in total. The smallest absolute Gasteiger partial charge is 0.213 e. The molecular weight excluding hydrogens is 178 g/mol. The van der Waals surface area contributed by atoms with Gasteiger partial charge in [-0.1, -0.05) is 0 Å². The second-order valence-electron chi connectivity index (χ2n) is 3.05. The lowest BCUT2D eigenvalue weighted by Gasteiger charge is -2.11. The molecule has 0 aliphatic carbocycles. The minimum atomic E-state index is -0.265. The zero-order valence-electron chi connectivity index (χ0n) is 8.32. The molecule has 0 unspecified atom stereocenters. The van der Waals surface area contributed by atoms with Crippen molar-refractivity contribution in [3.63, 3.8) is 0 Å². The van der Waals surface area contributed by atoms with Crippen LogP contribution in [0.25, 0.3) is 0 Å². The summed E-state index contributed by atoms with van der Waals surface area (Å²) in [6, 6.07) is 3.58. The Hall–Kier alpha value is -1.60. The maximum Gasteiger partial charge on any atom is 0.213 e. The summed E-state index contributed by atoms with van der Waals surface area (Å²) in [5.74, 6) is 0.565. The van der Waals surface area contributed by atoms with Crippen LogP contribution < -0.4 is 10.5 Å². The van der Waals surface area contributed by atoms with Gasteiger partial charge in [-0.15, -0.1) is 0 Å². The summed E-state index contributed by atoms with van der Waals surface area (Å²) in [5.41, 5.74) is 7.69. The van der Waals surface area contributed by atoms with Gasteiger partial charge >= 0.3 is 0 Å². The van der Waals surface area contributed by atoms with Crippen molar-refractivity contribution in [3.05, 3.63) is 23.4 Å². The molecule has 74 valence electrons. The average Bonchev–Trinajstić information content (AvgIpc) is 2.17. The van der Waals surface area contributed by atoms with Gasteiger partial charge in [-0.3, -0.25) is 0 Å². The highest BCUT2D eigenvalue weighted by Gasteiger charge is 2.09. The molecule has 1 rings (SSSR count). The summed E-state index contributed by atoms with van der Waals surface area (Å²) >= 11 is 0. The molecule has 1 atom stereocenters. The van der Waals surface area contributed by atoms with Crippen LogP contribution in [0.2, 0.25) is 0 Å². The van der Waals surface area contributed by atoms with E-state index in [0.29, 0.717) is 12.3 Å². The predicted octanol–water partition coefficient (Wildman–Crippen LogP) is 1.31. The van der Waals surface area contributed by atoms with E-state index < -0.39 is 0 Å². The van der Waals surface area contributed by atoms with E-state index in [1.54, 1.807) is 13.3 Å². The van der Waals surface area contributed by atoms with Gasteiger partial charge in [0.1, 0.15) is 0 Å². The number of aromatic nitrogens is 1. The minimum absolute atomic E-state index is 0.265. The summed E-state index contributed by atoms with van der Waals surface area (Å²) in [6.07, 6.45) is 1.96. The first-order valence-electron chi connectivity index (χ1n) is 4.32. The molecule has 0 saturated heterocycles. The van der Waals surface area contributed by atoms with Gasteiger partial charge in [0.25, 0.3) is 0 Å². The molecule has 0 spiro atoms. The summed E-state index contributed by atoms with van der Waals surface area (Å²) in [6.45, 7) is 1.93. The molecule has 0 aromatic carbocycles. The second-order valence-corrected chi connectivity index (χ2v) is 3.05. The van der Waals surface area contributed by atoms with Crippen LogP contribution in [0.15, 0.2) is 12.3 Å². The number of pyridine rings is 1. The van der Waals surface area contributed by atoms with Gasteiger partial charge in [-0.2, -0.15) is 5.26 Å². The van der Waals surface area contributed by atoms with Crippen molar-refractivity contribution in [1.29, 1.82) is 5.26 Å². The number of aryl methyl sites for hydroxylation is 1. The first-order valence-corrected chi connectivity index (χ1v) is 4.32. The fraction of sp³-hybridized carbons (Fsp3) is 0.400. The largest absolute Gasteiger partial charge is 0.481 e. The zero-order valence-corrected chi connectivity index (χ0v) is 8.32. The number of nitrogens with two attached hydrogens (primary N) is 1. The predicted molar refractivity (Wildman–Crippen MR) is 52.7 cm³/mol. The van der Waals surface area contributed by atoms with Crippen LogP contribution in [0, 0.1) is 18.3 Å². The minimum Gasteiger partial charge on any atom is -0.481 e. The Labute approximate surface area is 83.3 Å². The highest BCUT2D eigenvalue weighted by atomic mass is 16.5. The average molecular weight is 191 g/mol. The molecule has 0 amide bonds. The van der Waals surface area contributed by atoms with Crippen molar-refractivity contribution in [2.45, 2.75) is 19.4 Å². The molecule has 2 N–H and O–H groups in total. The molecule has 0 saturated carbocycles. The van der Waals surface area contributed by atoms with Gasteiger partial charge in [0, 0.05) is 18.3 Å². The van der Waals surface area contributed by atoms with Crippen molar-refractivity contribution in [1.82, 2.24) is 4.98 Å². The molecule has 0 aliphatic rings. The van der Waals surface area contributed by atoms with Gasteiger partial charge in [0.2, 0.25) is 5.88 Å². The van der Waals surface area contributed by atoms with Crippen molar-refractivity contribution in [3.8, 4) is 11.9 Å². The van der Waals surface area contributed by atoms with Crippen LogP contribution >= 0.6 is 0 Å². The van der Waals surface area contributed by atoms with Crippen molar-refractivity contribution in [2.24, 2.45) is 5.73 Å². The van der Waals surface area contributed by atoms with Crippen molar-refractivity contribution >= 4 is 0 Å². The van der Waals surface area contributed by atoms with Crippen LogP contribution in [-0.4, -0.2) is 12.1 Å². The molecule has 0 bridgehead atoms. The molecule has 4 heteroatoms. The molecule has 0 fully saturated rings. The third-order valence-electron chi connectivity index (χ3n) is 2.05. The Bertz CT molecular complexity index is 357. The lowest BCUT2D eigenvalue weighted by atomic mass is 10.0. The van der Waals surface area contributed by atoms with Crippen LogP contribution in [0.3, 0.4) is 0 Å². The normalized spacial score (nSPS) is 11.9. The van der Waals surface area contributed by atoms with Crippen LogP contribution in [-0.2, 0) is 0 Å². The number of nitrogens with zero attached hydrogens (tertiary/aromatic N) is 2. The van der Waals surface area contributed by atoms with Gasteiger partial charge in [-0.05, 0) is 18.1 Å². The van der Waals surface area contributed by atoms with Crippen molar-refractivity contribution in [2.75, 3.05) is 7.11 Å². The third-order valence-corrected chi connectivity index (χ3v) is 2.05. The summed E-state index contributed by atoms with van der Waals surface area (Å²) in [5, 5.41) is 8.51. The number of methoxy groups -OCH3 is 1. The Kier molecular flexibility index (Phi) is 3.43. The molecular formula is C10H13N3O. The number of ether oxygens (including phenoxy) is 1. The SMILES string of the molecule is COc1cc(C)c([C@@H](N)CC#N)cn1. The number of hydrogen-bond acceptors (Lipinski definition) is 4. The topological polar surface area (TPSA) is 71.9 Å². The number of nitriles is 1. The standard InChI is InChI=1S/C10H13N3O/c1-7-5-10(14-2)13-6-8(7)9(12)3-4-11/h5-6,9H,3,12H2,1-2H3/t9-/m0/s1. The molecule has 1 heterocycles. The van der Waals surface area contributed by atoms with Gasteiger partial charge in [-0.25, -0.2) is 4.98 Å². The van der Waals surface area contributed by atoms with Gasteiger partial charge in [0.05, 0.1) is 19.6 Å². The van der Waals surface area contributed by atoms with Crippen molar-refractivity contribution < 1.29 is 4.74 Å². The highest BCUT2D eigenvalue weighted by molar-refractivity contribution is 5.30. The summed E-state index contributed by atoms with van der Waals surface area (Å²) in [7, 11) is 1.57. The van der Waals surface area contributed by atoms with E-state index in [0.717, 1.165) is 11.1 Å². The summed E-state index contributed by atoms with van der Waals surface area (Å²) in [4.78, 5) is 4.05. The Morgan fingerprint density at radius 1 is 1.71 bits per heavy atom. The van der Waals surface area contributed by atoms with E-state index in [1.165, 1.54) is 0 Å². The van der Waals surface area contributed by atoms with Crippen LogP contribution in [0.5, 0.6) is 5.88 Å². The third kappa shape index (κ3) is 2.21. The quantitative estimate of drug-likeness (QED) is 0.781. The molecule has 0 radical (unpaired) electrons. The molecule has 1 aromatic heterocycles. The second kappa shape index (κ2) is 4.58. The lowest BCUT2D eigenvalue weighted by molar-refractivity contribution is 0.397. The van der Waals surface area contributed by atoms with Crippen LogP contribution in [0.4, 0.5) is 0 Å². The monoisotopic (exact) mass is 191 g/mol. The zero-order chi connectivity index (χ0) is 10.6. The Morgan fingerprint density at radius 3 is 2.93 bits per heavy atom. The first kappa shape index (κ1) is 10.5. The lowest BCUT2D eigenvalue weighted by Crippen LogP contribution is -2.11. The molecule has 14 heavy (non-hydrogen) atoms. The molecule has 1 aromatic rings.